The van der Waals surface area contributed by atoms with Crippen molar-refractivity contribution in [3.63, 3.8) is 0 Å². The van der Waals surface area contributed by atoms with Crippen molar-refractivity contribution in [2.45, 2.75) is 71.6 Å². The van der Waals surface area contributed by atoms with Gasteiger partial charge in [-0.2, -0.15) is 0 Å². The third kappa shape index (κ3) is 2.10. The molecule has 0 aromatic heterocycles. The first-order valence-corrected chi connectivity index (χ1v) is 7.18. The minimum absolute atomic E-state index is 0.0536. The van der Waals surface area contributed by atoms with Crippen LogP contribution < -0.4 is 5.32 Å². The molecule has 98 valence electrons. The van der Waals surface area contributed by atoms with Gasteiger partial charge in [0.25, 0.3) is 0 Å². The van der Waals surface area contributed by atoms with Crippen LogP contribution in [0.4, 0.5) is 0 Å². The lowest BCUT2D eigenvalue weighted by Crippen LogP contribution is -2.45. The van der Waals surface area contributed by atoms with E-state index in [1.54, 1.807) is 0 Å². The van der Waals surface area contributed by atoms with Crippen molar-refractivity contribution in [3.05, 3.63) is 0 Å². The lowest BCUT2D eigenvalue weighted by molar-refractivity contribution is -0.132. The van der Waals surface area contributed by atoms with Crippen molar-refractivity contribution >= 4 is 5.91 Å². The molecule has 2 rings (SSSR count). The van der Waals surface area contributed by atoms with Crippen LogP contribution >= 0.6 is 0 Å². The molecule has 1 amide bonds. The Bertz CT molecular complexity index is 292. The highest BCUT2D eigenvalue weighted by Gasteiger charge is 2.44. The second kappa shape index (κ2) is 4.97. The van der Waals surface area contributed by atoms with Crippen molar-refractivity contribution < 1.29 is 4.79 Å². The number of hydrogen-bond acceptors (Lipinski definition) is 2. The topological polar surface area (TPSA) is 32.3 Å². The van der Waals surface area contributed by atoms with Gasteiger partial charge >= 0.3 is 0 Å². The van der Waals surface area contributed by atoms with E-state index in [-0.39, 0.29) is 12.2 Å². The van der Waals surface area contributed by atoms with Crippen LogP contribution in [0.15, 0.2) is 0 Å². The van der Waals surface area contributed by atoms with Crippen LogP contribution in [0.25, 0.3) is 0 Å². The standard InChI is InChI=1S/C14H26N2O/c1-5-11-7-8-13(9(11)3)16-10(4)15-12(6-2)14(16)17/h9-13,15H,5-8H2,1-4H3. The first-order chi connectivity index (χ1) is 8.10. The highest BCUT2D eigenvalue weighted by molar-refractivity contribution is 5.84. The Hall–Kier alpha value is -0.570. The van der Waals surface area contributed by atoms with Crippen LogP contribution in [0.3, 0.4) is 0 Å². The summed E-state index contributed by atoms with van der Waals surface area (Å²) in [5.41, 5.74) is 0. The zero-order valence-corrected chi connectivity index (χ0v) is 11.6. The summed E-state index contributed by atoms with van der Waals surface area (Å²) in [5.74, 6) is 1.79. The van der Waals surface area contributed by atoms with E-state index in [1.807, 2.05) is 0 Å². The van der Waals surface area contributed by atoms with Crippen molar-refractivity contribution in [3.8, 4) is 0 Å². The van der Waals surface area contributed by atoms with E-state index in [0.717, 1.165) is 12.3 Å². The predicted molar refractivity (Wildman–Crippen MR) is 69.5 cm³/mol. The lowest BCUT2D eigenvalue weighted by Gasteiger charge is -2.32. The van der Waals surface area contributed by atoms with E-state index in [9.17, 15) is 4.79 Å². The number of hydrogen-bond donors (Lipinski definition) is 1. The molecule has 5 unspecified atom stereocenters. The molecule has 0 aromatic rings. The molecule has 1 aliphatic heterocycles. The number of amides is 1. The average Bonchev–Trinajstić information content (AvgIpc) is 2.80. The molecule has 1 saturated heterocycles. The molecular formula is C14H26N2O. The summed E-state index contributed by atoms with van der Waals surface area (Å²) in [6.07, 6.45) is 4.84. The van der Waals surface area contributed by atoms with Crippen molar-refractivity contribution in [1.29, 1.82) is 0 Å². The molecule has 1 N–H and O–H groups in total. The molecule has 3 heteroatoms. The molecule has 0 spiro atoms. The van der Waals surface area contributed by atoms with Crippen LogP contribution in [0.2, 0.25) is 0 Å². The molecule has 0 aromatic carbocycles. The van der Waals surface area contributed by atoms with Crippen LogP contribution in [0.1, 0.15) is 53.4 Å². The largest absolute Gasteiger partial charge is 0.323 e. The first kappa shape index (κ1) is 12.9. The zero-order valence-electron chi connectivity index (χ0n) is 11.6. The summed E-state index contributed by atoms with van der Waals surface area (Å²) in [6, 6.07) is 0.518. The molecule has 1 aliphatic carbocycles. The van der Waals surface area contributed by atoms with Gasteiger partial charge in [-0.15, -0.1) is 0 Å². The summed E-state index contributed by atoms with van der Waals surface area (Å²) >= 11 is 0. The fourth-order valence-electron chi connectivity index (χ4n) is 3.75. The average molecular weight is 238 g/mol. The molecular weight excluding hydrogens is 212 g/mol. The van der Waals surface area contributed by atoms with Gasteiger partial charge in [0, 0.05) is 6.04 Å². The Kier molecular flexibility index (Phi) is 3.76. The van der Waals surface area contributed by atoms with Gasteiger partial charge in [0.05, 0.1) is 12.2 Å². The van der Waals surface area contributed by atoms with E-state index in [0.29, 0.717) is 17.9 Å². The fraction of sp³-hybridized carbons (Fsp3) is 0.929. The first-order valence-electron chi connectivity index (χ1n) is 7.18. The van der Waals surface area contributed by atoms with Crippen molar-refractivity contribution in [2.24, 2.45) is 11.8 Å². The van der Waals surface area contributed by atoms with Crippen LogP contribution in [-0.2, 0) is 4.79 Å². The normalized spacial score (nSPS) is 42.5. The molecule has 0 radical (unpaired) electrons. The van der Waals surface area contributed by atoms with E-state index < -0.39 is 0 Å². The van der Waals surface area contributed by atoms with E-state index in [1.165, 1.54) is 19.3 Å². The maximum Gasteiger partial charge on any atom is 0.241 e. The quantitative estimate of drug-likeness (QED) is 0.818. The molecule has 2 fully saturated rings. The summed E-state index contributed by atoms with van der Waals surface area (Å²) in [5, 5.41) is 3.41. The van der Waals surface area contributed by atoms with Gasteiger partial charge < -0.3 is 4.90 Å². The third-order valence-corrected chi connectivity index (χ3v) is 4.89. The van der Waals surface area contributed by atoms with Gasteiger partial charge in [-0.25, -0.2) is 0 Å². The SMILES string of the molecule is CCC1NC(C)N(C2CCC(CC)C2C)C1=O. The number of carbonyl (C=O) groups excluding carboxylic acids is 1. The fourth-order valence-corrected chi connectivity index (χ4v) is 3.75. The van der Waals surface area contributed by atoms with E-state index in [4.69, 9.17) is 0 Å². The molecule has 1 heterocycles. The molecule has 0 bridgehead atoms. The molecule has 1 saturated carbocycles. The summed E-state index contributed by atoms with van der Waals surface area (Å²) in [6.45, 7) is 8.80. The maximum atomic E-state index is 12.3. The van der Waals surface area contributed by atoms with Gasteiger partial charge in [-0.3, -0.25) is 10.1 Å². The van der Waals surface area contributed by atoms with Crippen molar-refractivity contribution in [2.75, 3.05) is 0 Å². The van der Waals surface area contributed by atoms with Gasteiger partial charge in [-0.1, -0.05) is 27.2 Å². The highest BCUT2D eigenvalue weighted by atomic mass is 16.2. The van der Waals surface area contributed by atoms with Crippen LogP contribution in [0.5, 0.6) is 0 Å². The second-order valence-corrected chi connectivity index (χ2v) is 5.72. The monoisotopic (exact) mass is 238 g/mol. The number of nitrogens with zero attached hydrogens (tertiary/aromatic N) is 1. The Morgan fingerprint density at radius 3 is 2.41 bits per heavy atom. The number of rotatable bonds is 3. The highest BCUT2D eigenvalue weighted by Crippen LogP contribution is 2.38. The Labute approximate surface area is 105 Å². The summed E-state index contributed by atoms with van der Waals surface area (Å²) in [4.78, 5) is 14.5. The zero-order chi connectivity index (χ0) is 12.6. The molecule has 5 atom stereocenters. The molecule has 3 nitrogen and oxygen atoms in total. The third-order valence-electron chi connectivity index (χ3n) is 4.89. The molecule has 17 heavy (non-hydrogen) atoms. The number of carbonyl (C=O) groups is 1. The van der Waals surface area contributed by atoms with E-state index >= 15 is 0 Å². The Morgan fingerprint density at radius 1 is 1.24 bits per heavy atom. The lowest BCUT2D eigenvalue weighted by atomic mass is 9.92. The van der Waals surface area contributed by atoms with Gasteiger partial charge in [-0.05, 0) is 38.0 Å². The van der Waals surface area contributed by atoms with Gasteiger partial charge in [0.15, 0.2) is 0 Å². The smallest absolute Gasteiger partial charge is 0.241 e. The van der Waals surface area contributed by atoms with Crippen molar-refractivity contribution in [1.82, 2.24) is 10.2 Å². The minimum Gasteiger partial charge on any atom is -0.323 e. The van der Waals surface area contributed by atoms with Crippen LogP contribution in [0, 0.1) is 11.8 Å². The number of nitrogens with one attached hydrogen (secondary N) is 1. The van der Waals surface area contributed by atoms with Crippen LogP contribution in [-0.4, -0.2) is 29.1 Å². The maximum absolute atomic E-state index is 12.3. The summed E-state index contributed by atoms with van der Waals surface area (Å²) < 4.78 is 0. The van der Waals surface area contributed by atoms with Gasteiger partial charge in [0.1, 0.15) is 0 Å². The van der Waals surface area contributed by atoms with Gasteiger partial charge in [0.2, 0.25) is 5.91 Å². The minimum atomic E-state index is 0.0536. The summed E-state index contributed by atoms with van der Waals surface area (Å²) in [7, 11) is 0. The second-order valence-electron chi connectivity index (χ2n) is 5.72. The molecule has 2 aliphatic rings. The predicted octanol–water partition coefficient (Wildman–Crippen LogP) is 2.37. The Balaban J connectivity index is 2.10. The van der Waals surface area contributed by atoms with E-state index in [2.05, 4.69) is 37.9 Å². The Morgan fingerprint density at radius 2 is 1.94 bits per heavy atom.